The van der Waals surface area contributed by atoms with E-state index in [4.69, 9.17) is 10.6 Å². The number of hydrogen-bond acceptors (Lipinski definition) is 3. The van der Waals surface area contributed by atoms with Crippen LogP contribution >= 0.6 is 15.9 Å². The lowest BCUT2D eigenvalue weighted by Gasteiger charge is -2.18. The lowest BCUT2D eigenvalue weighted by molar-refractivity contribution is 0.411. The topological polar surface area (TPSA) is 47.3 Å². The molecule has 0 aliphatic rings. The standard InChI is InChI=1S/C15H16BrFN2O/c1-9-7-10(3-5-13(9)17)15(19-18)11-4-6-14(20-2)12(16)8-11/h3-8,15,19H,18H2,1-2H3. The van der Waals surface area contributed by atoms with Crippen molar-refractivity contribution in [2.24, 2.45) is 5.84 Å². The average Bonchev–Trinajstić information content (AvgIpc) is 2.44. The van der Waals surface area contributed by atoms with Crippen molar-refractivity contribution in [1.82, 2.24) is 5.43 Å². The van der Waals surface area contributed by atoms with Gasteiger partial charge in [-0.2, -0.15) is 0 Å². The molecule has 0 heterocycles. The summed E-state index contributed by atoms with van der Waals surface area (Å²) in [6.07, 6.45) is 0. The third-order valence-corrected chi connectivity index (χ3v) is 3.81. The number of aryl methyl sites for hydroxylation is 1. The summed E-state index contributed by atoms with van der Waals surface area (Å²) in [7, 11) is 1.61. The van der Waals surface area contributed by atoms with E-state index in [9.17, 15) is 4.39 Å². The van der Waals surface area contributed by atoms with Gasteiger partial charge in [0.2, 0.25) is 0 Å². The Hall–Kier alpha value is -1.43. The van der Waals surface area contributed by atoms with Gasteiger partial charge in [0, 0.05) is 0 Å². The van der Waals surface area contributed by atoms with Crippen LogP contribution in [0.3, 0.4) is 0 Å². The highest BCUT2D eigenvalue weighted by molar-refractivity contribution is 9.10. The zero-order chi connectivity index (χ0) is 14.7. The van der Waals surface area contributed by atoms with Crippen molar-refractivity contribution in [2.45, 2.75) is 13.0 Å². The average molecular weight is 339 g/mol. The molecule has 0 aromatic heterocycles. The van der Waals surface area contributed by atoms with E-state index in [1.165, 1.54) is 6.07 Å². The maximum absolute atomic E-state index is 13.4. The van der Waals surface area contributed by atoms with E-state index < -0.39 is 0 Å². The Bertz CT molecular complexity index is 619. The molecule has 5 heteroatoms. The molecule has 106 valence electrons. The largest absolute Gasteiger partial charge is 0.496 e. The van der Waals surface area contributed by atoms with Gasteiger partial charge in [0.15, 0.2) is 0 Å². The SMILES string of the molecule is COc1ccc(C(NN)c2ccc(F)c(C)c2)cc1Br. The molecule has 3 nitrogen and oxygen atoms in total. The summed E-state index contributed by atoms with van der Waals surface area (Å²) in [5.41, 5.74) is 5.22. The van der Waals surface area contributed by atoms with Crippen molar-refractivity contribution in [3.05, 3.63) is 63.4 Å². The van der Waals surface area contributed by atoms with E-state index in [1.807, 2.05) is 18.2 Å². The summed E-state index contributed by atoms with van der Waals surface area (Å²) < 4.78 is 19.4. The van der Waals surface area contributed by atoms with E-state index in [1.54, 1.807) is 26.2 Å². The highest BCUT2D eigenvalue weighted by Crippen LogP contribution is 2.30. The highest BCUT2D eigenvalue weighted by Gasteiger charge is 2.15. The van der Waals surface area contributed by atoms with Gasteiger partial charge in [-0.1, -0.05) is 18.2 Å². The van der Waals surface area contributed by atoms with Crippen LogP contribution in [-0.2, 0) is 0 Å². The number of nitrogens with one attached hydrogen (secondary N) is 1. The summed E-state index contributed by atoms with van der Waals surface area (Å²) in [5.74, 6) is 6.18. The third kappa shape index (κ3) is 3.00. The van der Waals surface area contributed by atoms with Gasteiger partial charge in [0.25, 0.3) is 0 Å². The lowest BCUT2D eigenvalue weighted by Crippen LogP contribution is -2.29. The van der Waals surface area contributed by atoms with Gasteiger partial charge >= 0.3 is 0 Å². The van der Waals surface area contributed by atoms with Crippen LogP contribution in [0.15, 0.2) is 40.9 Å². The van der Waals surface area contributed by atoms with E-state index in [0.717, 1.165) is 21.3 Å². The predicted octanol–water partition coefficient (Wildman–Crippen LogP) is 3.46. The minimum atomic E-state index is -0.222. The molecular weight excluding hydrogens is 323 g/mol. The molecule has 0 saturated carbocycles. The molecule has 0 aliphatic heterocycles. The van der Waals surface area contributed by atoms with Gasteiger partial charge in [0.1, 0.15) is 11.6 Å². The van der Waals surface area contributed by atoms with Crippen LogP contribution in [0.5, 0.6) is 5.75 Å². The molecule has 3 N–H and O–H groups in total. The van der Waals surface area contributed by atoms with Crippen LogP contribution in [0.4, 0.5) is 4.39 Å². The Morgan fingerprint density at radius 2 is 1.85 bits per heavy atom. The maximum atomic E-state index is 13.4. The summed E-state index contributed by atoms with van der Waals surface area (Å²) in [5, 5.41) is 0. The van der Waals surface area contributed by atoms with Gasteiger partial charge in [-0.05, 0) is 57.7 Å². The fourth-order valence-electron chi connectivity index (χ4n) is 2.09. The first-order valence-corrected chi connectivity index (χ1v) is 6.91. The predicted molar refractivity (Wildman–Crippen MR) is 81.0 cm³/mol. The Kier molecular flexibility index (Phi) is 4.75. The second kappa shape index (κ2) is 6.35. The smallest absolute Gasteiger partial charge is 0.133 e. The van der Waals surface area contributed by atoms with E-state index in [-0.39, 0.29) is 11.9 Å². The summed E-state index contributed by atoms with van der Waals surface area (Å²) in [6, 6.07) is 10.5. The first-order chi connectivity index (χ1) is 9.56. The van der Waals surface area contributed by atoms with E-state index in [0.29, 0.717) is 5.56 Å². The van der Waals surface area contributed by atoms with Crippen molar-refractivity contribution in [3.8, 4) is 5.75 Å². The fourth-order valence-corrected chi connectivity index (χ4v) is 2.65. The maximum Gasteiger partial charge on any atom is 0.133 e. The number of nitrogens with two attached hydrogens (primary N) is 1. The van der Waals surface area contributed by atoms with Crippen molar-refractivity contribution in [1.29, 1.82) is 0 Å². The monoisotopic (exact) mass is 338 g/mol. The number of rotatable bonds is 4. The van der Waals surface area contributed by atoms with Crippen LogP contribution in [0.2, 0.25) is 0 Å². The molecule has 1 unspecified atom stereocenters. The minimum absolute atomic E-state index is 0.212. The first kappa shape index (κ1) is 15.0. The molecule has 2 rings (SSSR count). The molecule has 1 atom stereocenters. The Balaban J connectivity index is 2.41. The number of hydrogen-bond donors (Lipinski definition) is 2. The zero-order valence-electron chi connectivity index (χ0n) is 11.3. The molecule has 20 heavy (non-hydrogen) atoms. The molecule has 0 bridgehead atoms. The minimum Gasteiger partial charge on any atom is -0.496 e. The normalized spacial score (nSPS) is 12.2. The number of hydrazine groups is 1. The van der Waals surface area contributed by atoms with Gasteiger partial charge in [-0.15, -0.1) is 0 Å². The van der Waals surface area contributed by atoms with Crippen LogP contribution in [0.1, 0.15) is 22.7 Å². The molecule has 0 amide bonds. The van der Waals surface area contributed by atoms with E-state index >= 15 is 0 Å². The molecule has 0 saturated heterocycles. The quantitative estimate of drug-likeness (QED) is 0.663. The second-order valence-electron chi connectivity index (χ2n) is 4.50. The Morgan fingerprint density at radius 3 is 2.40 bits per heavy atom. The van der Waals surface area contributed by atoms with Crippen molar-refractivity contribution < 1.29 is 9.13 Å². The van der Waals surface area contributed by atoms with Crippen LogP contribution in [0, 0.1) is 12.7 Å². The van der Waals surface area contributed by atoms with Gasteiger partial charge < -0.3 is 4.74 Å². The zero-order valence-corrected chi connectivity index (χ0v) is 12.9. The Morgan fingerprint density at radius 1 is 1.20 bits per heavy atom. The van der Waals surface area contributed by atoms with Gasteiger partial charge in [-0.3, -0.25) is 5.84 Å². The molecule has 0 fully saturated rings. The number of benzene rings is 2. The second-order valence-corrected chi connectivity index (χ2v) is 5.36. The number of methoxy groups -OCH3 is 1. The molecule has 0 spiro atoms. The van der Waals surface area contributed by atoms with Crippen molar-refractivity contribution in [2.75, 3.05) is 7.11 Å². The third-order valence-electron chi connectivity index (χ3n) is 3.19. The summed E-state index contributed by atoms with van der Waals surface area (Å²) >= 11 is 3.45. The first-order valence-electron chi connectivity index (χ1n) is 6.12. The van der Waals surface area contributed by atoms with Crippen molar-refractivity contribution in [3.63, 3.8) is 0 Å². The molecule has 2 aromatic carbocycles. The van der Waals surface area contributed by atoms with E-state index in [2.05, 4.69) is 21.4 Å². The van der Waals surface area contributed by atoms with Crippen LogP contribution in [0.25, 0.3) is 0 Å². The molecule has 0 aliphatic carbocycles. The summed E-state index contributed by atoms with van der Waals surface area (Å²) in [6.45, 7) is 1.73. The Labute approximate surface area is 126 Å². The van der Waals surface area contributed by atoms with Crippen LogP contribution in [-0.4, -0.2) is 7.11 Å². The molecule has 2 aromatic rings. The molecular formula is C15H16BrFN2O. The lowest BCUT2D eigenvalue weighted by atomic mass is 9.97. The summed E-state index contributed by atoms with van der Waals surface area (Å²) in [4.78, 5) is 0. The van der Waals surface area contributed by atoms with Gasteiger partial charge in [0.05, 0.1) is 17.6 Å². The highest BCUT2D eigenvalue weighted by atomic mass is 79.9. The van der Waals surface area contributed by atoms with Crippen molar-refractivity contribution >= 4 is 15.9 Å². The van der Waals surface area contributed by atoms with Gasteiger partial charge in [-0.25, -0.2) is 9.82 Å². The van der Waals surface area contributed by atoms with Crippen LogP contribution < -0.4 is 16.0 Å². The fraction of sp³-hybridized carbons (Fsp3) is 0.200. The number of ether oxygens (including phenoxy) is 1. The number of halogens is 2. The molecule has 0 radical (unpaired) electrons.